The average molecular weight is 355 g/mol. The van der Waals surface area contributed by atoms with E-state index in [0.29, 0.717) is 37.4 Å². The number of aryl methyl sites for hydroxylation is 1. The molecule has 1 heterocycles. The Morgan fingerprint density at radius 3 is 2.73 bits per heavy atom. The highest BCUT2D eigenvalue weighted by Crippen LogP contribution is 2.34. The summed E-state index contributed by atoms with van der Waals surface area (Å²) in [5, 5.41) is 17.4. The van der Waals surface area contributed by atoms with Crippen LogP contribution in [0.15, 0.2) is 42.5 Å². The van der Waals surface area contributed by atoms with Crippen molar-refractivity contribution in [3.63, 3.8) is 0 Å². The van der Waals surface area contributed by atoms with E-state index in [2.05, 4.69) is 10.6 Å². The molecule has 7 heteroatoms. The smallest absolute Gasteiger partial charge is 0.292 e. The Hall–Kier alpha value is -2.93. The number of anilines is 2. The van der Waals surface area contributed by atoms with Gasteiger partial charge in [-0.05, 0) is 30.5 Å². The standard InChI is InChI=1S/C19H21N3O4/c1-2-26-18(13-6-4-3-5-7-13)12-20-16-11-15-14(8-9-19(23)21-15)10-17(16)22(24)25/h3-7,10-11,18,20H,2,8-9,12H2,1H3,(H,21,23). The van der Waals surface area contributed by atoms with Gasteiger partial charge < -0.3 is 15.4 Å². The van der Waals surface area contributed by atoms with E-state index in [1.54, 1.807) is 6.07 Å². The van der Waals surface area contributed by atoms with Gasteiger partial charge >= 0.3 is 0 Å². The van der Waals surface area contributed by atoms with E-state index >= 15 is 0 Å². The predicted molar refractivity (Wildman–Crippen MR) is 99.3 cm³/mol. The third kappa shape index (κ3) is 4.00. The highest BCUT2D eigenvalue weighted by molar-refractivity contribution is 5.95. The molecule has 7 nitrogen and oxygen atoms in total. The Balaban J connectivity index is 1.84. The molecule has 2 aromatic rings. The molecule has 1 aliphatic heterocycles. The van der Waals surface area contributed by atoms with E-state index in [1.807, 2.05) is 37.3 Å². The fourth-order valence-corrected chi connectivity index (χ4v) is 3.05. The number of amides is 1. The molecule has 0 bridgehead atoms. The summed E-state index contributed by atoms with van der Waals surface area (Å²) in [7, 11) is 0. The number of nitro groups is 1. The molecule has 0 spiro atoms. The number of fused-ring (bicyclic) bond motifs is 1. The normalized spacial score (nSPS) is 14.3. The number of nitro benzene ring substituents is 1. The third-order valence-electron chi connectivity index (χ3n) is 4.33. The SMILES string of the molecule is CCOC(CNc1cc2c(cc1[N+](=O)[O-])CCC(=O)N2)c1ccccc1. The average Bonchev–Trinajstić information content (AvgIpc) is 2.64. The van der Waals surface area contributed by atoms with Crippen molar-refractivity contribution in [3.8, 4) is 0 Å². The number of carbonyl (C=O) groups is 1. The second kappa shape index (κ2) is 7.97. The summed E-state index contributed by atoms with van der Waals surface area (Å²) in [4.78, 5) is 22.7. The molecule has 0 saturated carbocycles. The van der Waals surface area contributed by atoms with Crippen LogP contribution in [0.4, 0.5) is 17.1 Å². The molecule has 1 unspecified atom stereocenters. The van der Waals surface area contributed by atoms with Gasteiger partial charge in [-0.2, -0.15) is 0 Å². The summed E-state index contributed by atoms with van der Waals surface area (Å²) >= 11 is 0. The van der Waals surface area contributed by atoms with Gasteiger partial charge in [0.25, 0.3) is 5.69 Å². The Morgan fingerprint density at radius 2 is 2.04 bits per heavy atom. The molecule has 3 rings (SSSR count). The quantitative estimate of drug-likeness (QED) is 0.584. The van der Waals surface area contributed by atoms with Crippen molar-refractivity contribution < 1.29 is 14.5 Å². The van der Waals surface area contributed by atoms with Crippen LogP contribution in [-0.4, -0.2) is 24.0 Å². The summed E-state index contributed by atoms with van der Waals surface area (Å²) in [5.41, 5.74) is 2.78. The van der Waals surface area contributed by atoms with Crippen LogP contribution in [-0.2, 0) is 16.0 Å². The number of benzene rings is 2. The van der Waals surface area contributed by atoms with Crippen LogP contribution in [0.3, 0.4) is 0 Å². The maximum atomic E-state index is 11.6. The van der Waals surface area contributed by atoms with E-state index in [-0.39, 0.29) is 17.7 Å². The van der Waals surface area contributed by atoms with E-state index in [9.17, 15) is 14.9 Å². The van der Waals surface area contributed by atoms with Crippen molar-refractivity contribution in [2.45, 2.75) is 25.9 Å². The van der Waals surface area contributed by atoms with Crippen molar-refractivity contribution in [1.82, 2.24) is 0 Å². The molecule has 0 aromatic heterocycles. The van der Waals surface area contributed by atoms with Crippen LogP contribution in [0.1, 0.15) is 30.6 Å². The molecular formula is C19H21N3O4. The molecular weight excluding hydrogens is 334 g/mol. The fourth-order valence-electron chi connectivity index (χ4n) is 3.05. The molecule has 0 aliphatic carbocycles. The molecule has 2 N–H and O–H groups in total. The maximum Gasteiger partial charge on any atom is 0.292 e. The molecule has 1 amide bonds. The third-order valence-corrected chi connectivity index (χ3v) is 4.33. The lowest BCUT2D eigenvalue weighted by Gasteiger charge is -2.21. The van der Waals surface area contributed by atoms with Crippen molar-refractivity contribution in [3.05, 3.63) is 63.7 Å². The maximum absolute atomic E-state index is 11.6. The number of nitrogens with one attached hydrogen (secondary N) is 2. The first kappa shape index (κ1) is 17.9. The minimum Gasteiger partial charge on any atom is -0.376 e. The first-order chi connectivity index (χ1) is 12.6. The Kier molecular flexibility index (Phi) is 5.48. The number of carbonyl (C=O) groups excluding carboxylic acids is 1. The van der Waals surface area contributed by atoms with Gasteiger partial charge in [0.2, 0.25) is 5.91 Å². The van der Waals surface area contributed by atoms with E-state index in [4.69, 9.17) is 4.74 Å². The van der Waals surface area contributed by atoms with Gasteiger partial charge in [0.05, 0.1) is 11.0 Å². The second-order valence-corrected chi connectivity index (χ2v) is 6.07. The number of hydrogen-bond donors (Lipinski definition) is 2. The Bertz CT molecular complexity index is 808. The number of hydrogen-bond acceptors (Lipinski definition) is 5. The van der Waals surface area contributed by atoms with Gasteiger partial charge in [-0.3, -0.25) is 14.9 Å². The zero-order valence-electron chi connectivity index (χ0n) is 14.5. The molecule has 0 fully saturated rings. The van der Waals surface area contributed by atoms with Crippen molar-refractivity contribution in [2.75, 3.05) is 23.8 Å². The topological polar surface area (TPSA) is 93.5 Å². The van der Waals surface area contributed by atoms with Gasteiger partial charge in [-0.25, -0.2) is 0 Å². The number of ether oxygens (including phenoxy) is 1. The Labute approximate surface area is 151 Å². The molecule has 1 atom stereocenters. The van der Waals surface area contributed by atoms with Crippen LogP contribution in [0, 0.1) is 10.1 Å². The van der Waals surface area contributed by atoms with Crippen LogP contribution in [0.2, 0.25) is 0 Å². The molecule has 136 valence electrons. The summed E-state index contributed by atoms with van der Waals surface area (Å²) in [6, 6.07) is 12.9. The summed E-state index contributed by atoms with van der Waals surface area (Å²) in [5.74, 6) is -0.0752. The second-order valence-electron chi connectivity index (χ2n) is 6.07. The van der Waals surface area contributed by atoms with E-state index < -0.39 is 4.92 Å². The fraction of sp³-hybridized carbons (Fsp3) is 0.316. The molecule has 26 heavy (non-hydrogen) atoms. The first-order valence-corrected chi connectivity index (χ1v) is 8.60. The van der Waals surface area contributed by atoms with E-state index in [0.717, 1.165) is 11.1 Å². The van der Waals surface area contributed by atoms with Gasteiger partial charge in [0.1, 0.15) is 5.69 Å². The van der Waals surface area contributed by atoms with Crippen molar-refractivity contribution in [1.29, 1.82) is 0 Å². The van der Waals surface area contributed by atoms with Gasteiger partial charge in [0.15, 0.2) is 0 Å². The van der Waals surface area contributed by atoms with Gasteiger partial charge in [-0.1, -0.05) is 30.3 Å². The molecule has 0 saturated heterocycles. The lowest BCUT2D eigenvalue weighted by atomic mass is 10.0. The number of nitrogens with zero attached hydrogens (tertiary/aromatic N) is 1. The lowest BCUT2D eigenvalue weighted by molar-refractivity contribution is -0.384. The highest BCUT2D eigenvalue weighted by atomic mass is 16.6. The molecule has 0 radical (unpaired) electrons. The van der Waals surface area contributed by atoms with Crippen LogP contribution in [0.25, 0.3) is 0 Å². The molecule has 2 aromatic carbocycles. The van der Waals surface area contributed by atoms with Crippen LogP contribution >= 0.6 is 0 Å². The summed E-state index contributed by atoms with van der Waals surface area (Å²) < 4.78 is 5.78. The zero-order valence-corrected chi connectivity index (χ0v) is 14.5. The lowest BCUT2D eigenvalue weighted by Crippen LogP contribution is -2.20. The summed E-state index contributed by atoms with van der Waals surface area (Å²) in [6.07, 6.45) is 0.622. The minimum atomic E-state index is -0.406. The van der Waals surface area contributed by atoms with Gasteiger partial charge in [-0.15, -0.1) is 0 Å². The first-order valence-electron chi connectivity index (χ1n) is 8.60. The van der Waals surface area contributed by atoms with Crippen LogP contribution < -0.4 is 10.6 Å². The highest BCUT2D eigenvalue weighted by Gasteiger charge is 2.23. The summed E-state index contributed by atoms with van der Waals surface area (Å²) in [6.45, 7) is 2.82. The van der Waals surface area contributed by atoms with Crippen LogP contribution in [0.5, 0.6) is 0 Å². The van der Waals surface area contributed by atoms with Crippen molar-refractivity contribution in [2.24, 2.45) is 0 Å². The number of rotatable bonds is 7. The predicted octanol–water partition coefficient (Wildman–Crippen LogP) is 3.67. The van der Waals surface area contributed by atoms with Gasteiger partial charge in [0, 0.05) is 31.3 Å². The monoisotopic (exact) mass is 355 g/mol. The zero-order chi connectivity index (χ0) is 18.5. The molecule has 1 aliphatic rings. The Morgan fingerprint density at radius 1 is 1.27 bits per heavy atom. The minimum absolute atomic E-state index is 0.00297. The van der Waals surface area contributed by atoms with Crippen molar-refractivity contribution >= 4 is 23.0 Å². The van der Waals surface area contributed by atoms with E-state index in [1.165, 1.54) is 6.07 Å². The largest absolute Gasteiger partial charge is 0.376 e.